The van der Waals surface area contributed by atoms with Crippen molar-refractivity contribution < 1.29 is 0 Å². The van der Waals surface area contributed by atoms with Crippen LogP contribution in [0.15, 0.2) is 16.5 Å². The second kappa shape index (κ2) is 4.48. The molecule has 0 amide bonds. The Morgan fingerprint density at radius 3 is 3.00 bits per heavy atom. The number of aliphatic imine (C=N–C) groups is 1. The van der Waals surface area contributed by atoms with Crippen LogP contribution in [0.25, 0.3) is 0 Å². The number of hydrogen-bond donors (Lipinski definition) is 0. The van der Waals surface area contributed by atoms with E-state index in [1.54, 1.807) is 12.6 Å². The van der Waals surface area contributed by atoms with Gasteiger partial charge in [-0.15, -0.1) is 6.42 Å². The summed E-state index contributed by atoms with van der Waals surface area (Å²) < 4.78 is 0. The van der Waals surface area contributed by atoms with Gasteiger partial charge in [0.1, 0.15) is 0 Å². The number of hydrogen-bond acceptors (Lipinski definition) is 2. The summed E-state index contributed by atoms with van der Waals surface area (Å²) >= 11 is 1.35. The highest BCUT2D eigenvalue weighted by Gasteiger charge is 1.79. The van der Waals surface area contributed by atoms with Gasteiger partial charge in [0.15, 0.2) is 0 Å². The normalized spacial score (nSPS) is 9.00. The van der Waals surface area contributed by atoms with Gasteiger partial charge in [-0.2, -0.15) is 0 Å². The van der Waals surface area contributed by atoms with Crippen LogP contribution in [0.4, 0.5) is 0 Å². The summed E-state index contributed by atoms with van der Waals surface area (Å²) in [5.74, 6) is 2.38. The Morgan fingerprint density at radius 1 is 2.00 bits per heavy atom. The van der Waals surface area contributed by atoms with Crippen LogP contribution in [0, 0.1) is 12.3 Å². The van der Waals surface area contributed by atoms with Crippen LogP contribution in [0.5, 0.6) is 0 Å². The summed E-state index contributed by atoms with van der Waals surface area (Å²) in [6.07, 6.45) is 4.98. The van der Waals surface area contributed by atoms with Gasteiger partial charge in [-0.1, -0.05) is 24.3 Å². The quantitative estimate of drug-likeness (QED) is 0.309. The molecule has 2 heteroatoms. The third-order valence-corrected chi connectivity index (χ3v) is 1.18. The Morgan fingerprint density at radius 2 is 2.62 bits per heavy atom. The van der Waals surface area contributed by atoms with Crippen molar-refractivity contribution in [2.75, 3.05) is 7.05 Å². The molecular weight excluding hydrogens is 118 g/mol. The highest BCUT2D eigenvalue weighted by Crippen LogP contribution is 2.06. The van der Waals surface area contributed by atoms with Crippen LogP contribution in [0.1, 0.15) is 0 Å². The van der Waals surface area contributed by atoms with Crippen molar-refractivity contribution in [3.8, 4) is 12.3 Å². The SMILES string of the molecule is C#CC(=C)SC=NC. The fraction of sp³-hybridized carbons (Fsp3) is 0.167. The third-order valence-electron chi connectivity index (χ3n) is 0.461. The highest BCUT2D eigenvalue weighted by atomic mass is 32.2. The molecule has 0 aromatic heterocycles. The molecule has 0 aliphatic carbocycles. The lowest BCUT2D eigenvalue weighted by Gasteiger charge is -1.83. The minimum atomic E-state index is 0.690. The van der Waals surface area contributed by atoms with Crippen molar-refractivity contribution in [1.82, 2.24) is 0 Å². The Labute approximate surface area is 53.9 Å². The number of allylic oxidation sites excluding steroid dienone is 1. The number of nitrogens with zero attached hydrogens (tertiary/aromatic N) is 1. The number of thioether (sulfide) groups is 1. The van der Waals surface area contributed by atoms with Crippen LogP contribution in [0.3, 0.4) is 0 Å². The van der Waals surface area contributed by atoms with E-state index in [-0.39, 0.29) is 0 Å². The smallest absolute Gasteiger partial charge is 0.0591 e. The fourth-order valence-corrected chi connectivity index (χ4v) is 0.451. The first-order valence-electron chi connectivity index (χ1n) is 2.04. The molecule has 1 nitrogen and oxygen atoms in total. The molecule has 0 aliphatic rings. The topological polar surface area (TPSA) is 12.4 Å². The van der Waals surface area contributed by atoms with Crippen molar-refractivity contribution in [2.24, 2.45) is 4.99 Å². The second-order valence-corrected chi connectivity index (χ2v) is 1.99. The first kappa shape index (κ1) is 7.32. The van der Waals surface area contributed by atoms with Gasteiger partial charge < -0.3 is 0 Å². The lowest BCUT2D eigenvalue weighted by atomic mass is 10.7. The second-order valence-electron chi connectivity index (χ2n) is 1.05. The monoisotopic (exact) mass is 125 g/mol. The molecule has 0 saturated heterocycles. The first-order chi connectivity index (χ1) is 3.81. The molecule has 0 aromatic rings. The molecule has 0 rings (SSSR count). The van der Waals surface area contributed by atoms with Crippen LogP contribution < -0.4 is 0 Å². The van der Waals surface area contributed by atoms with E-state index in [2.05, 4.69) is 17.5 Å². The highest BCUT2D eigenvalue weighted by molar-refractivity contribution is 8.15. The fourth-order valence-electron chi connectivity index (χ4n) is 0.150. The summed E-state index contributed by atoms with van der Waals surface area (Å²) in [6.45, 7) is 3.55. The zero-order valence-corrected chi connectivity index (χ0v) is 5.53. The van der Waals surface area contributed by atoms with Gasteiger partial charge in [0.2, 0.25) is 0 Å². The van der Waals surface area contributed by atoms with E-state index in [4.69, 9.17) is 6.42 Å². The van der Waals surface area contributed by atoms with Gasteiger partial charge in [0.25, 0.3) is 0 Å². The summed E-state index contributed by atoms with van der Waals surface area (Å²) in [4.78, 5) is 4.40. The molecule has 8 heavy (non-hydrogen) atoms. The summed E-state index contributed by atoms with van der Waals surface area (Å²) in [7, 11) is 1.69. The van der Waals surface area contributed by atoms with Crippen molar-refractivity contribution in [1.29, 1.82) is 0 Å². The average molecular weight is 125 g/mol. The van der Waals surface area contributed by atoms with E-state index in [0.717, 1.165) is 0 Å². The largest absolute Gasteiger partial charge is 0.289 e. The number of terminal acetylenes is 1. The van der Waals surface area contributed by atoms with Crippen LogP contribution >= 0.6 is 11.8 Å². The Bertz CT molecular complexity index is 141. The molecule has 0 aromatic carbocycles. The standard InChI is InChI=1S/C6H7NS/c1-4-6(2)8-5-7-3/h1,5H,2H2,3H3. The van der Waals surface area contributed by atoms with Gasteiger partial charge in [0, 0.05) is 7.05 Å². The van der Waals surface area contributed by atoms with E-state index < -0.39 is 0 Å². The average Bonchev–Trinajstić information content (AvgIpc) is 1.83. The van der Waals surface area contributed by atoms with E-state index in [1.165, 1.54) is 11.8 Å². The third kappa shape index (κ3) is 3.51. The molecule has 42 valence electrons. The summed E-state index contributed by atoms with van der Waals surface area (Å²) in [6, 6.07) is 0. The van der Waals surface area contributed by atoms with Gasteiger partial charge >= 0.3 is 0 Å². The van der Waals surface area contributed by atoms with Crippen molar-refractivity contribution in [3.05, 3.63) is 11.5 Å². The summed E-state index contributed by atoms with van der Waals surface area (Å²) in [5.41, 5.74) is 1.65. The van der Waals surface area contributed by atoms with Crippen LogP contribution in [-0.2, 0) is 0 Å². The van der Waals surface area contributed by atoms with E-state index in [9.17, 15) is 0 Å². The van der Waals surface area contributed by atoms with E-state index >= 15 is 0 Å². The Kier molecular flexibility index (Phi) is 4.10. The Balaban J connectivity index is 3.44. The van der Waals surface area contributed by atoms with Crippen LogP contribution in [0.2, 0.25) is 0 Å². The number of rotatable bonds is 2. The maximum absolute atomic E-state index is 4.98. The molecule has 0 spiro atoms. The predicted molar refractivity (Wildman–Crippen MR) is 40.0 cm³/mol. The maximum Gasteiger partial charge on any atom is 0.0591 e. The minimum absolute atomic E-state index is 0.690. The molecule has 0 atom stereocenters. The lowest BCUT2D eigenvalue weighted by molar-refractivity contribution is 1.49. The van der Waals surface area contributed by atoms with Crippen molar-refractivity contribution in [3.63, 3.8) is 0 Å². The van der Waals surface area contributed by atoms with E-state index in [0.29, 0.717) is 4.91 Å². The van der Waals surface area contributed by atoms with E-state index in [1.807, 2.05) is 0 Å². The first-order valence-corrected chi connectivity index (χ1v) is 2.92. The molecule has 0 radical (unpaired) electrons. The Hall–Kier alpha value is -0.680. The molecule has 0 fully saturated rings. The van der Waals surface area contributed by atoms with Crippen molar-refractivity contribution >= 4 is 17.3 Å². The molecule has 0 bridgehead atoms. The summed E-state index contributed by atoms with van der Waals surface area (Å²) in [5, 5.41) is 0. The van der Waals surface area contributed by atoms with Gasteiger partial charge in [-0.05, 0) is 0 Å². The van der Waals surface area contributed by atoms with Crippen LogP contribution in [-0.4, -0.2) is 12.6 Å². The maximum atomic E-state index is 4.98. The lowest BCUT2D eigenvalue weighted by Crippen LogP contribution is -1.64. The molecule has 0 heterocycles. The minimum Gasteiger partial charge on any atom is -0.289 e. The van der Waals surface area contributed by atoms with Gasteiger partial charge in [-0.25, -0.2) is 0 Å². The zero-order chi connectivity index (χ0) is 6.41. The molecule has 0 unspecified atom stereocenters. The zero-order valence-electron chi connectivity index (χ0n) is 4.72. The predicted octanol–water partition coefficient (Wildman–Crippen LogP) is 1.52. The molecule has 0 aliphatic heterocycles. The molecule has 0 saturated carbocycles. The molecular formula is C6H7NS. The van der Waals surface area contributed by atoms with Crippen molar-refractivity contribution in [2.45, 2.75) is 0 Å². The van der Waals surface area contributed by atoms with Gasteiger partial charge in [-0.3, -0.25) is 4.99 Å². The van der Waals surface area contributed by atoms with Gasteiger partial charge in [0.05, 0.1) is 10.5 Å². The molecule has 0 N–H and O–H groups in total.